The number of hydrogen-bond acceptors (Lipinski definition) is 5. The van der Waals surface area contributed by atoms with Crippen molar-refractivity contribution in [3.8, 4) is 0 Å². The smallest absolute Gasteiger partial charge is 0.293 e. The molecule has 1 fully saturated rings. The molecule has 130 valence electrons. The number of piperidine rings is 1. The Morgan fingerprint density at radius 2 is 2.16 bits per heavy atom. The number of hydrogen-bond donors (Lipinski definition) is 0. The highest BCUT2D eigenvalue weighted by Gasteiger charge is 2.30. The number of rotatable bonds is 3. The van der Waals surface area contributed by atoms with Gasteiger partial charge in [0.05, 0.1) is 12.6 Å². The highest BCUT2D eigenvalue weighted by atomic mass is 16.2. The summed E-state index contributed by atoms with van der Waals surface area (Å²) in [6, 6.07) is 3.94. The molecule has 1 amide bonds. The summed E-state index contributed by atoms with van der Waals surface area (Å²) in [6.07, 6.45) is 6.78. The Balaban J connectivity index is 1.62. The van der Waals surface area contributed by atoms with Gasteiger partial charge in [0.1, 0.15) is 0 Å². The molecular weight excluding hydrogens is 318 g/mol. The second kappa shape index (κ2) is 6.27. The van der Waals surface area contributed by atoms with E-state index in [-0.39, 0.29) is 17.8 Å². The summed E-state index contributed by atoms with van der Waals surface area (Å²) in [6.45, 7) is 5.27. The lowest BCUT2D eigenvalue weighted by Gasteiger charge is -2.34. The van der Waals surface area contributed by atoms with Crippen molar-refractivity contribution in [3.05, 3.63) is 41.7 Å². The Kier molecular flexibility index (Phi) is 3.95. The fourth-order valence-corrected chi connectivity index (χ4v) is 3.47. The van der Waals surface area contributed by atoms with Gasteiger partial charge in [-0.3, -0.25) is 9.48 Å². The minimum Gasteiger partial charge on any atom is -0.331 e. The third kappa shape index (κ3) is 2.99. The van der Waals surface area contributed by atoms with Gasteiger partial charge >= 0.3 is 0 Å². The van der Waals surface area contributed by atoms with Crippen LogP contribution in [0.2, 0.25) is 0 Å². The number of amides is 1. The van der Waals surface area contributed by atoms with Crippen LogP contribution in [0, 0.1) is 13.8 Å². The third-order valence-electron chi connectivity index (χ3n) is 4.65. The summed E-state index contributed by atoms with van der Waals surface area (Å²) >= 11 is 0. The van der Waals surface area contributed by atoms with Crippen molar-refractivity contribution in [2.24, 2.45) is 0 Å². The van der Waals surface area contributed by atoms with Gasteiger partial charge in [0.25, 0.3) is 11.7 Å². The highest BCUT2D eigenvalue weighted by molar-refractivity contribution is 5.91. The fourth-order valence-electron chi connectivity index (χ4n) is 3.47. The van der Waals surface area contributed by atoms with Crippen LogP contribution in [0.25, 0.3) is 5.78 Å². The molecule has 0 bridgehead atoms. The average Bonchev–Trinajstić information content (AvgIpc) is 3.24. The van der Waals surface area contributed by atoms with Gasteiger partial charge in [-0.15, -0.1) is 5.10 Å². The Morgan fingerprint density at radius 1 is 1.28 bits per heavy atom. The van der Waals surface area contributed by atoms with Crippen molar-refractivity contribution in [1.29, 1.82) is 0 Å². The molecule has 8 nitrogen and oxygen atoms in total. The van der Waals surface area contributed by atoms with E-state index in [2.05, 4.69) is 20.2 Å². The summed E-state index contributed by atoms with van der Waals surface area (Å²) < 4.78 is 3.51. The van der Waals surface area contributed by atoms with E-state index in [4.69, 9.17) is 0 Å². The van der Waals surface area contributed by atoms with Crippen LogP contribution in [0.15, 0.2) is 24.5 Å². The molecule has 4 heterocycles. The first-order valence-corrected chi connectivity index (χ1v) is 8.61. The highest BCUT2D eigenvalue weighted by Crippen LogP contribution is 2.20. The van der Waals surface area contributed by atoms with Gasteiger partial charge in [0.2, 0.25) is 5.82 Å². The van der Waals surface area contributed by atoms with Crippen molar-refractivity contribution in [2.45, 2.75) is 45.7 Å². The molecule has 0 unspecified atom stereocenters. The van der Waals surface area contributed by atoms with Crippen molar-refractivity contribution < 1.29 is 4.79 Å². The maximum absolute atomic E-state index is 13.0. The Hall–Kier alpha value is -2.77. The normalized spacial score (nSPS) is 18.0. The van der Waals surface area contributed by atoms with E-state index in [0.717, 1.165) is 37.2 Å². The molecule has 1 aliphatic rings. The van der Waals surface area contributed by atoms with E-state index in [1.807, 2.05) is 41.8 Å². The van der Waals surface area contributed by atoms with Gasteiger partial charge in [-0.25, -0.2) is 9.50 Å². The van der Waals surface area contributed by atoms with E-state index in [9.17, 15) is 4.79 Å². The van der Waals surface area contributed by atoms with Gasteiger partial charge in [-0.2, -0.15) is 10.1 Å². The molecule has 3 aromatic rings. The number of likely N-dealkylation sites (tertiary alicyclic amines) is 1. The van der Waals surface area contributed by atoms with Crippen molar-refractivity contribution in [2.75, 3.05) is 6.54 Å². The zero-order valence-electron chi connectivity index (χ0n) is 14.5. The van der Waals surface area contributed by atoms with E-state index < -0.39 is 0 Å². The number of aryl methyl sites for hydroxylation is 2. The summed E-state index contributed by atoms with van der Waals surface area (Å²) in [5.74, 6) is 0.564. The molecule has 1 saturated heterocycles. The molecule has 1 atom stereocenters. The van der Waals surface area contributed by atoms with Crippen LogP contribution in [0.4, 0.5) is 0 Å². The van der Waals surface area contributed by atoms with Crippen molar-refractivity contribution >= 4 is 11.7 Å². The lowest BCUT2D eigenvalue weighted by molar-refractivity contribution is 0.0571. The average molecular weight is 339 g/mol. The molecule has 0 spiro atoms. The topological polar surface area (TPSA) is 81.2 Å². The first-order valence-electron chi connectivity index (χ1n) is 8.61. The Labute approximate surface area is 145 Å². The Morgan fingerprint density at radius 3 is 2.96 bits per heavy atom. The van der Waals surface area contributed by atoms with Crippen LogP contribution in [-0.2, 0) is 6.54 Å². The quantitative estimate of drug-likeness (QED) is 0.724. The van der Waals surface area contributed by atoms with Crippen LogP contribution in [0.3, 0.4) is 0 Å². The van der Waals surface area contributed by atoms with Gasteiger partial charge < -0.3 is 4.90 Å². The predicted octanol–water partition coefficient (Wildman–Crippen LogP) is 1.63. The first kappa shape index (κ1) is 15.7. The largest absolute Gasteiger partial charge is 0.331 e. The van der Waals surface area contributed by atoms with E-state index in [1.54, 1.807) is 10.7 Å². The molecule has 4 rings (SSSR count). The lowest BCUT2D eigenvalue weighted by Crippen LogP contribution is -2.46. The summed E-state index contributed by atoms with van der Waals surface area (Å²) in [7, 11) is 0. The molecule has 0 aromatic carbocycles. The monoisotopic (exact) mass is 339 g/mol. The van der Waals surface area contributed by atoms with Crippen molar-refractivity contribution in [3.63, 3.8) is 0 Å². The number of fused-ring (bicyclic) bond motifs is 1. The molecule has 3 aromatic heterocycles. The summed E-state index contributed by atoms with van der Waals surface area (Å²) in [4.78, 5) is 23.7. The fraction of sp³-hybridized carbons (Fsp3) is 0.471. The van der Waals surface area contributed by atoms with Gasteiger partial charge in [-0.05, 0) is 45.2 Å². The Bertz CT molecular complexity index is 899. The van der Waals surface area contributed by atoms with Crippen LogP contribution in [0.1, 0.15) is 41.3 Å². The van der Waals surface area contributed by atoms with Gasteiger partial charge in [0, 0.05) is 30.3 Å². The zero-order chi connectivity index (χ0) is 17.4. The van der Waals surface area contributed by atoms with Gasteiger partial charge in [0.15, 0.2) is 0 Å². The van der Waals surface area contributed by atoms with Crippen LogP contribution < -0.4 is 0 Å². The number of aromatic nitrogens is 6. The van der Waals surface area contributed by atoms with Crippen LogP contribution in [-0.4, -0.2) is 52.8 Å². The first-order chi connectivity index (χ1) is 12.1. The molecule has 0 aliphatic carbocycles. The van der Waals surface area contributed by atoms with E-state index in [0.29, 0.717) is 12.3 Å². The summed E-state index contributed by atoms with van der Waals surface area (Å²) in [5.41, 5.74) is 1.78. The molecular formula is C17H21N7O. The molecule has 0 saturated carbocycles. The second-order valence-electron chi connectivity index (χ2n) is 6.56. The summed E-state index contributed by atoms with van der Waals surface area (Å²) in [5, 5.41) is 8.66. The minimum absolute atomic E-state index is 0.114. The van der Waals surface area contributed by atoms with Crippen LogP contribution in [0.5, 0.6) is 0 Å². The molecule has 8 heteroatoms. The van der Waals surface area contributed by atoms with Crippen LogP contribution >= 0.6 is 0 Å². The third-order valence-corrected chi connectivity index (χ3v) is 4.65. The molecule has 1 aliphatic heterocycles. The van der Waals surface area contributed by atoms with E-state index in [1.165, 1.54) is 0 Å². The minimum atomic E-state index is -0.126. The SMILES string of the molecule is Cc1cc(C)n2nc(C(=O)N3CCCC[C@@H]3Cn3cccn3)nc2n1. The van der Waals surface area contributed by atoms with E-state index >= 15 is 0 Å². The number of nitrogens with zero attached hydrogens (tertiary/aromatic N) is 7. The molecule has 25 heavy (non-hydrogen) atoms. The maximum atomic E-state index is 13.0. The number of carbonyl (C=O) groups excluding carboxylic acids is 1. The molecule has 0 radical (unpaired) electrons. The predicted molar refractivity (Wildman–Crippen MR) is 91.2 cm³/mol. The maximum Gasteiger partial charge on any atom is 0.293 e. The standard InChI is InChI=1S/C17H21N7O/c1-12-10-13(2)24-17(19-12)20-15(21-24)16(25)23-9-4-3-6-14(23)11-22-8-5-7-18-22/h5,7-8,10,14H,3-4,6,9,11H2,1-2H3/t14-/m1/s1. The molecule has 0 N–H and O–H groups in total. The zero-order valence-corrected chi connectivity index (χ0v) is 14.5. The second-order valence-corrected chi connectivity index (χ2v) is 6.56. The lowest BCUT2D eigenvalue weighted by atomic mass is 10.0. The van der Waals surface area contributed by atoms with Crippen molar-refractivity contribution in [1.82, 2.24) is 34.3 Å². The van der Waals surface area contributed by atoms with Gasteiger partial charge in [-0.1, -0.05) is 0 Å². The number of carbonyl (C=O) groups is 1.